The fourth-order valence-corrected chi connectivity index (χ4v) is 4.93. The molecule has 1 aliphatic rings. The number of benzene rings is 2. The highest BCUT2D eigenvalue weighted by Gasteiger charge is 2.50. The van der Waals surface area contributed by atoms with Gasteiger partial charge in [-0.2, -0.15) is 14.8 Å². The smallest absolute Gasteiger partial charge is 0.244 e. The van der Waals surface area contributed by atoms with Gasteiger partial charge < -0.3 is 15.6 Å². The quantitative estimate of drug-likeness (QED) is 0.700. The number of nitrogens with zero attached hydrogens (tertiary/aromatic N) is 3. The van der Waals surface area contributed by atoms with Crippen molar-refractivity contribution >= 4 is 21.6 Å². The molecule has 1 fully saturated rings. The number of sulfonamides is 1. The van der Waals surface area contributed by atoms with Crippen molar-refractivity contribution in [1.82, 2.24) is 4.31 Å². The van der Waals surface area contributed by atoms with Crippen LogP contribution < -0.4 is 10.5 Å². The number of ether oxygens (including phenoxy) is 1. The van der Waals surface area contributed by atoms with Gasteiger partial charge in [0, 0.05) is 24.2 Å². The molecule has 1 unspecified atom stereocenters. The zero-order chi connectivity index (χ0) is 22.1. The molecule has 3 rings (SSSR count). The van der Waals surface area contributed by atoms with E-state index in [1.165, 1.54) is 30.3 Å². The first kappa shape index (κ1) is 22.0. The molecule has 8 nitrogen and oxygen atoms in total. The molecule has 0 bridgehead atoms. The predicted molar refractivity (Wildman–Crippen MR) is 104 cm³/mol. The maximum atomic E-state index is 13.9. The largest absolute Gasteiger partial charge is 0.486 e. The maximum Gasteiger partial charge on any atom is 0.244 e. The van der Waals surface area contributed by atoms with Crippen LogP contribution in [0.1, 0.15) is 11.1 Å². The van der Waals surface area contributed by atoms with Crippen molar-refractivity contribution in [2.45, 2.75) is 16.6 Å². The topological polar surface area (TPSA) is 140 Å². The van der Waals surface area contributed by atoms with Gasteiger partial charge in [-0.15, -0.1) is 0 Å². The lowest BCUT2D eigenvalue weighted by atomic mass is 10.0. The van der Waals surface area contributed by atoms with Gasteiger partial charge >= 0.3 is 0 Å². The SMILES string of the molecule is N#Cc1ccc(O[C@H]2CN(S(=O)(=O)c3ccc(Cl)cc3C#N)CC2(O)CN)cc1F. The Hall–Kier alpha value is -2.73. The highest BCUT2D eigenvalue weighted by atomic mass is 35.5. The minimum Gasteiger partial charge on any atom is -0.486 e. The first-order valence-corrected chi connectivity index (χ1v) is 10.4. The van der Waals surface area contributed by atoms with Crippen LogP contribution in [-0.4, -0.2) is 49.2 Å². The van der Waals surface area contributed by atoms with Crippen LogP contribution in [0, 0.1) is 28.5 Å². The molecular weight excluding hydrogens is 435 g/mol. The van der Waals surface area contributed by atoms with Gasteiger partial charge in [0.1, 0.15) is 40.3 Å². The van der Waals surface area contributed by atoms with Gasteiger partial charge in [0.25, 0.3) is 0 Å². The van der Waals surface area contributed by atoms with E-state index in [9.17, 15) is 23.2 Å². The Labute approximate surface area is 177 Å². The number of rotatable bonds is 5. The lowest BCUT2D eigenvalue weighted by molar-refractivity contribution is -0.0200. The molecule has 1 aliphatic heterocycles. The van der Waals surface area contributed by atoms with E-state index in [-0.39, 0.29) is 46.4 Å². The van der Waals surface area contributed by atoms with Crippen molar-refractivity contribution < 1.29 is 22.7 Å². The molecule has 0 amide bonds. The number of aliphatic hydroxyl groups is 1. The average Bonchev–Trinajstić information content (AvgIpc) is 3.05. The molecule has 0 saturated carbocycles. The van der Waals surface area contributed by atoms with E-state index < -0.39 is 27.5 Å². The number of hydrogen-bond donors (Lipinski definition) is 2. The lowest BCUT2D eigenvalue weighted by Gasteiger charge is -2.27. The van der Waals surface area contributed by atoms with Crippen LogP contribution in [0.25, 0.3) is 0 Å². The number of halogens is 2. The summed E-state index contributed by atoms with van der Waals surface area (Å²) in [6.07, 6.45) is -1.11. The fourth-order valence-electron chi connectivity index (χ4n) is 3.13. The Bertz CT molecular complexity index is 1180. The molecule has 1 heterocycles. The minimum absolute atomic E-state index is 0.00632. The first-order chi connectivity index (χ1) is 14.1. The standard InChI is InChI=1S/C19H16ClFN4O4S/c20-14-2-4-17(13(5-14)8-23)30(27,28)25-9-18(19(26,10-24)11-25)29-15-3-1-12(7-22)16(21)6-15/h1-6,18,26H,9-11,24H2/t18-,19?/m0/s1. The van der Waals surface area contributed by atoms with Crippen molar-refractivity contribution in [3.8, 4) is 17.9 Å². The second-order valence-corrected chi connectivity index (χ2v) is 9.06. The molecule has 2 aromatic carbocycles. The van der Waals surface area contributed by atoms with Gasteiger partial charge in [0.2, 0.25) is 10.0 Å². The molecule has 0 radical (unpaired) electrons. The molecule has 0 spiro atoms. The molecule has 2 aromatic rings. The zero-order valence-corrected chi connectivity index (χ0v) is 17.0. The second-order valence-electron chi connectivity index (χ2n) is 6.72. The highest BCUT2D eigenvalue weighted by molar-refractivity contribution is 7.89. The molecule has 2 atom stereocenters. The maximum absolute atomic E-state index is 13.9. The summed E-state index contributed by atoms with van der Waals surface area (Å²) >= 11 is 5.83. The molecule has 1 saturated heterocycles. The summed E-state index contributed by atoms with van der Waals surface area (Å²) in [5.74, 6) is -0.805. The van der Waals surface area contributed by atoms with Gasteiger partial charge in [-0.05, 0) is 30.3 Å². The Morgan fingerprint density at radius 1 is 1.27 bits per heavy atom. The third-order valence-electron chi connectivity index (χ3n) is 4.79. The van der Waals surface area contributed by atoms with Crippen molar-refractivity contribution in [3.63, 3.8) is 0 Å². The molecule has 30 heavy (non-hydrogen) atoms. The van der Waals surface area contributed by atoms with Crippen molar-refractivity contribution in [1.29, 1.82) is 10.5 Å². The normalized spacial score (nSPS) is 21.7. The molecule has 0 aliphatic carbocycles. The number of nitriles is 2. The fraction of sp³-hybridized carbons (Fsp3) is 0.263. The summed E-state index contributed by atoms with van der Waals surface area (Å²) in [5, 5.41) is 29.1. The Morgan fingerprint density at radius 2 is 1.97 bits per heavy atom. The van der Waals surface area contributed by atoms with E-state index in [0.717, 1.165) is 10.4 Å². The summed E-state index contributed by atoms with van der Waals surface area (Å²) in [4.78, 5) is -0.265. The summed E-state index contributed by atoms with van der Waals surface area (Å²) < 4.78 is 46.6. The summed E-state index contributed by atoms with van der Waals surface area (Å²) in [6, 6.07) is 10.8. The van der Waals surface area contributed by atoms with E-state index >= 15 is 0 Å². The van der Waals surface area contributed by atoms with Crippen LogP contribution in [0.2, 0.25) is 5.02 Å². The predicted octanol–water partition coefficient (Wildman–Crippen LogP) is 1.36. The molecular formula is C19H16ClFN4O4S. The van der Waals surface area contributed by atoms with Gasteiger partial charge in [-0.25, -0.2) is 12.8 Å². The number of hydrogen-bond acceptors (Lipinski definition) is 7. The van der Waals surface area contributed by atoms with Gasteiger partial charge in [-0.1, -0.05) is 11.6 Å². The van der Waals surface area contributed by atoms with Crippen LogP contribution >= 0.6 is 11.6 Å². The highest BCUT2D eigenvalue weighted by Crippen LogP contribution is 2.32. The molecule has 11 heteroatoms. The summed E-state index contributed by atoms with van der Waals surface area (Å²) in [7, 11) is -4.18. The third kappa shape index (κ3) is 3.97. The van der Waals surface area contributed by atoms with E-state index in [1.807, 2.05) is 0 Å². The summed E-state index contributed by atoms with van der Waals surface area (Å²) in [6.45, 7) is -0.998. The monoisotopic (exact) mass is 450 g/mol. The molecule has 0 aromatic heterocycles. The average molecular weight is 451 g/mol. The van der Waals surface area contributed by atoms with Crippen molar-refractivity contribution in [2.75, 3.05) is 19.6 Å². The van der Waals surface area contributed by atoms with Crippen LogP contribution in [0.4, 0.5) is 4.39 Å². The van der Waals surface area contributed by atoms with Crippen LogP contribution in [0.15, 0.2) is 41.3 Å². The summed E-state index contributed by atoms with van der Waals surface area (Å²) in [5.41, 5.74) is 3.59. The zero-order valence-electron chi connectivity index (χ0n) is 15.4. The molecule has 156 valence electrons. The van der Waals surface area contributed by atoms with Crippen LogP contribution in [0.3, 0.4) is 0 Å². The van der Waals surface area contributed by atoms with Gasteiger partial charge in [0.15, 0.2) is 0 Å². The van der Waals surface area contributed by atoms with Gasteiger partial charge in [0.05, 0.1) is 17.7 Å². The number of nitrogens with two attached hydrogens (primary N) is 1. The first-order valence-electron chi connectivity index (χ1n) is 8.63. The van der Waals surface area contributed by atoms with Crippen LogP contribution in [0.5, 0.6) is 5.75 Å². The third-order valence-corrected chi connectivity index (χ3v) is 6.90. The Kier molecular flexibility index (Phi) is 5.99. The lowest BCUT2D eigenvalue weighted by Crippen LogP contribution is -2.50. The van der Waals surface area contributed by atoms with Crippen molar-refractivity contribution in [2.24, 2.45) is 5.73 Å². The second kappa shape index (κ2) is 8.19. The minimum atomic E-state index is -4.18. The van der Waals surface area contributed by atoms with Gasteiger partial charge in [-0.3, -0.25) is 0 Å². The van der Waals surface area contributed by atoms with E-state index in [2.05, 4.69) is 0 Å². The van der Waals surface area contributed by atoms with Crippen LogP contribution in [-0.2, 0) is 10.0 Å². The van der Waals surface area contributed by atoms with Crippen molar-refractivity contribution in [3.05, 3.63) is 58.4 Å². The van der Waals surface area contributed by atoms with E-state index in [4.69, 9.17) is 27.3 Å². The number of β-amino-alcohol motifs (C(OH)–C–C–N with tert-alkyl or cyclic N) is 1. The van der Waals surface area contributed by atoms with E-state index in [0.29, 0.717) is 0 Å². The Balaban J connectivity index is 1.92. The molecule has 3 N–H and O–H groups in total. The Morgan fingerprint density at radius 3 is 2.57 bits per heavy atom. The van der Waals surface area contributed by atoms with E-state index in [1.54, 1.807) is 12.1 Å².